The molecule has 0 radical (unpaired) electrons. The van der Waals surface area contributed by atoms with Crippen LogP contribution < -0.4 is 5.32 Å². The van der Waals surface area contributed by atoms with Gasteiger partial charge < -0.3 is 5.32 Å². The molecule has 0 saturated heterocycles. The normalized spacial score (nSPS) is 10.7. The molecule has 1 heterocycles. The first kappa shape index (κ1) is 13.0. The number of thioether (sulfide) groups is 1. The van der Waals surface area contributed by atoms with Gasteiger partial charge in [-0.15, -0.1) is 11.8 Å². The van der Waals surface area contributed by atoms with Gasteiger partial charge in [0, 0.05) is 34.9 Å². The molecule has 20 heavy (non-hydrogen) atoms. The average molecular weight is 280 g/mol. The Kier molecular flexibility index (Phi) is 3.88. The van der Waals surface area contributed by atoms with E-state index in [0.29, 0.717) is 0 Å². The Morgan fingerprint density at radius 3 is 2.65 bits per heavy atom. The van der Waals surface area contributed by atoms with Crippen LogP contribution in [0.15, 0.2) is 65.8 Å². The van der Waals surface area contributed by atoms with E-state index in [9.17, 15) is 0 Å². The van der Waals surface area contributed by atoms with Crippen molar-refractivity contribution >= 4 is 28.2 Å². The molecule has 0 fully saturated rings. The Hall–Kier alpha value is -2.00. The fraction of sp³-hybridized carbons (Fsp3) is 0.118. The zero-order valence-corrected chi connectivity index (χ0v) is 12.2. The lowest BCUT2D eigenvalue weighted by molar-refractivity contribution is 1.15. The third-order valence-electron chi connectivity index (χ3n) is 3.29. The number of nitrogens with zero attached hydrogens (tertiary/aromatic N) is 1. The second kappa shape index (κ2) is 5.97. The predicted molar refractivity (Wildman–Crippen MR) is 87.3 cm³/mol. The van der Waals surface area contributed by atoms with Crippen LogP contribution in [0.4, 0.5) is 5.69 Å². The topological polar surface area (TPSA) is 24.9 Å². The van der Waals surface area contributed by atoms with Gasteiger partial charge in [-0.05, 0) is 53.6 Å². The van der Waals surface area contributed by atoms with Crippen molar-refractivity contribution in [2.45, 2.75) is 11.4 Å². The molecule has 0 bridgehead atoms. The number of anilines is 1. The van der Waals surface area contributed by atoms with Crippen LogP contribution in [0.25, 0.3) is 10.8 Å². The number of fused-ring (bicyclic) bond motifs is 1. The van der Waals surface area contributed by atoms with Crippen molar-refractivity contribution in [1.29, 1.82) is 0 Å². The molecular formula is C17H16N2S. The summed E-state index contributed by atoms with van der Waals surface area (Å²) in [5.41, 5.74) is 2.43. The highest BCUT2D eigenvalue weighted by Crippen LogP contribution is 2.19. The van der Waals surface area contributed by atoms with E-state index in [1.807, 2.05) is 18.5 Å². The average Bonchev–Trinajstić information content (AvgIpc) is 2.53. The fourth-order valence-corrected chi connectivity index (χ4v) is 2.56. The van der Waals surface area contributed by atoms with Gasteiger partial charge in [-0.3, -0.25) is 4.98 Å². The SMILES string of the molecule is CSc1ccc(NCc2ccc3cnccc3c2)cc1. The van der Waals surface area contributed by atoms with Gasteiger partial charge in [0.2, 0.25) is 0 Å². The lowest BCUT2D eigenvalue weighted by Gasteiger charge is -2.08. The molecule has 0 unspecified atom stereocenters. The predicted octanol–water partition coefficient (Wildman–Crippen LogP) is 4.57. The highest BCUT2D eigenvalue weighted by molar-refractivity contribution is 7.98. The maximum Gasteiger partial charge on any atom is 0.0401 e. The fourth-order valence-electron chi connectivity index (χ4n) is 2.16. The summed E-state index contributed by atoms with van der Waals surface area (Å²) in [6, 6.07) is 17.0. The van der Waals surface area contributed by atoms with Crippen LogP contribution in [0.2, 0.25) is 0 Å². The highest BCUT2D eigenvalue weighted by Gasteiger charge is 1.98. The quantitative estimate of drug-likeness (QED) is 0.709. The van der Waals surface area contributed by atoms with Crippen LogP contribution in [-0.4, -0.2) is 11.2 Å². The lowest BCUT2D eigenvalue weighted by atomic mass is 10.1. The molecule has 0 aliphatic rings. The molecule has 3 heteroatoms. The number of pyridine rings is 1. The van der Waals surface area contributed by atoms with Crippen molar-refractivity contribution in [3.05, 3.63) is 66.5 Å². The van der Waals surface area contributed by atoms with Crippen molar-refractivity contribution in [3.63, 3.8) is 0 Å². The first-order valence-electron chi connectivity index (χ1n) is 6.56. The van der Waals surface area contributed by atoms with E-state index < -0.39 is 0 Å². The molecule has 0 spiro atoms. The number of hydrogen-bond acceptors (Lipinski definition) is 3. The minimum Gasteiger partial charge on any atom is -0.381 e. The minimum atomic E-state index is 0.830. The van der Waals surface area contributed by atoms with Gasteiger partial charge in [0.15, 0.2) is 0 Å². The molecule has 100 valence electrons. The third-order valence-corrected chi connectivity index (χ3v) is 4.04. The van der Waals surface area contributed by atoms with Crippen LogP contribution in [0, 0.1) is 0 Å². The third kappa shape index (κ3) is 2.94. The summed E-state index contributed by atoms with van der Waals surface area (Å²) in [5, 5.41) is 5.87. The summed E-state index contributed by atoms with van der Waals surface area (Å²) in [7, 11) is 0. The monoisotopic (exact) mass is 280 g/mol. The van der Waals surface area contributed by atoms with Crippen molar-refractivity contribution in [2.24, 2.45) is 0 Å². The summed E-state index contributed by atoms with van der Waals surface area (Å²) in [6.45, 7) is 0.830. The van der Waals surface area contributed by atoms with Crippen molar-refractivity contribution in [3.8, 4) is 0 Å². The van der Waals surface area contributed by atoms with Crippen molar-refractivity contribution < 1.29 is 0 Å². The standard InChI is InChI=1S/C17H16N2S/c1-20-17-6-4-16(5-7-17)19-11-13-2-3-15-12-18-9-8-14(15)10-13/h2-10,12,19H,11H2,1H3. The highest BCUT2D eigenvalue weighted by atomic mass is 32.2. The van der Waals surface area contributed by atoms with Crippen molar-refractivity contribution in [1.82, 2.24) is 4.98 Å². The smallest absolute Gasteiger partial charge is 0.0401 e. The van der Waals surface area contributed by atoms with Gasteiger partial charge in [-0.1, -0.05) is 12.1 Å². The van der Waals surface area contributed by atoms with Gasteiger partial charge >= 0.3 is 0 Å². The molecule has 0 aliphatic carbocycles. The maximum atomic E-state index is 4.13. The molecule has 0 atom stereocenters. The summed E-state index contributed by atoms with van der Waals surface area (Å²) in [5.74, 6) is 0. The molecule has 0 aliphatic heterocycles. The largest absolute Gasteiger partial charge is 0.381 e. The molecule has 2 aromatic carbocycles. The van der Waals surface area contributed by atoms with E-state index >= 15 is 0 Å². The molecule has 0 saturated carbocycles. The van der Waals surface area contributed by atoms with E-state index in [1.54, 1.807) is 11.8 Å². The summed E-state index contributed by atoms with van der Waals surface area (Å²) in [4.78, 5) is 5.42. The first-order valence-corrected chi connectivity index (χ1v) is 7.78. The molecule has 3 aromatic rings. The Morgan fingerprint density at radius 2 is 1.85 bits per heavy atom. The van der Waals surface area contributed by atoms with Gasteiger partial charge in [-0.2, -0.15) is 0 Å². The van der Waals surface area contributed by atoms with Crippen LogP contribution in [0.1, 0.15) is 5.56 Å². The van der Waals surface area contributed by atoms with E-state index in [4.69, 9.17) is 0 Å². The van der Waals surface area contributed by atoms with Crippen LogP contribution in [0.3, 0.4) is 0 Å². The molecular weight excluding hydrogens is 264 g/mol. The maximum absolute atomic E-state index is 4.13. The molecule has 2 nitrogen and oxygen atoms in total. The van der Waals surface area contributed by atoms with Crippen LogP contribution >= 0.6 is 11.8 Å². The van der Waals surface area contributed by atoms with E-state index in [-0.39, 0.29) is 0 Å². The number of benzene rings is 2. The molecule has 1 N–H and O–H groups in total. The number of hydrogen-bond donors (Lipinski definition) is 1. The number of aromatic nitrogens is 1. The molecule has 1 aromatic heterocycles. The Labute approximate surface area is 123 Å². The first-order chi connectivity index (χ1) is 9.85. The lowest BCUT2D eigenvalue weighted by Crippen LogP contribution is -1.99. The summed E-state index contributed by atoms with van der Waals surface area (Å²) in [6.07, 6.45) is 5.82. The van der Waals surface area contributed by atoms with E-state index in [2.05, 4.69) is 59.0 Å². The van der Waals surface area contributed by atoms with Gasteiger partial charge in [-0.25, -0.2) is 0 Å². The Bertz CT molecular complexity index is 708. The van der Waals surface area contributed by atoms with E-state index in [0.717, 1.165) is 12.2 Å². The van der Waals surface area contributed by atoms with E-state index in [1.165, 1.54) is 21.2 Å². The van der Waals surface area contributed by atoms with Gasteiger partial charge in [0.05, 0.1) is 0 Å². The zero-order valence-electron chi connectivity index (χ0n) is 11.3. The number of rotatable bonds is 4. The number of nitrogens with one attached hydrogen (secondary N) is 1. The zero-order chi connectivity index (χ0) is 13.8. The Balaban J connectivity index is 1.72. The molecule has 3 rings (SSSR count). The van der Waals surface area contributed by atoms with Gasteiger partial charge in [0.1, 0.15) is 0 Å². The summed E-state index contributed by atoms with van der Waals surface area (Å²) >= 11 is 1.76. The summed E-state index contributed by atoms with van der Waals surface area (Å²) < 4.78 is 0. The van der Waals surface area contributed by atoms with Crippen LogP contribution in [0.5, 0.6) is 0 Å². The second-order valence-corrected chi connectivity index (χ2v) is 5.52. The van der Waals surface area contributed by atoms with Crippen molar-refractivity contribution in [2.75, 3.05) is 11.6 Å². The minimum absolute atomic E-state index is 0.830. The van der Waals surface area contributed by atoms with Crippen LogP contribution in [-0.2, 0) is 6.54 Å². The Morgan fingerprint density at radius 1 is 1.00 bits per heavy atom. The molecule has 0 amide bonds. The second-order valence-electron chi connectivity index (χ2n) is 4.64. The van der Waals surface area contributed by atoms with Gasteiger partial charge in [0.25, 0.3) is 0 Å².